The van der Waals surface area contributed by atoms with Gasteiger partial charge in [0.2, 0.25) is 0 Å². The zero-order valence-electron chi connectivity index (χ0n) is 11.5. The molecule has 0 atom stereocenters. The number of guanidine groups is 1. The Labute approximate surface area is 141 Å². The predicted octanol–water partition coefficient (Wildman–Crippen LogP) is 2.78. The maximum atomic E-state index is 8.72. The van der Waals surface area contributed by atoms with Crippen LogP contribution in [0.25, 0.3) is 0 Å². The van der Waals surface area contributed by atoms with Crippen LogP contribution < -0.4 is 11.1 Å². The Morgan fingerprint density at radius 1 is 1.05 bits per heavy atom. The molecule has 0 aliphatic heterocycles. The lowest BCUT2D eigenvalue weighted by molar-refractivity contribution is 0.884. The molecule has 2 rings (SSSR count). The number of halogens is 1. The molecule has 0 saturated carbocycles. The highest BCUT2D eigenvalue weighted by Gasteiger charge is 1.96. The molecule has 2 aromatic rings. The van der Waals surface area contributed by atoms with Gasteiger partial charge in [-0.25, -0.2) is 4.99 Å². The molecule has 4 nitrogen and oxygen atoms in total. The molecule has 0 aliphatic rings. The SMILES string of the molecule is I.N#Cc1ccc(CNC(N)=NCc2ccccc2)cc1. The van der Waals surface area contributed by atoms with Crippen molar-refractivity contribution < 1.29 is 0 Å². The summed E-state index contributed by atoms with van der Waals surface area (Å²) in [4.78, 5) is 4.27. The van der Waals surface area contributed by atoms with Crippen molar-refractivity contribution in [2.75, 3.05) is 0 Å². The van der Waals surface area contributed by atoms with Gasteiger partial charge >= 0.3 is 0 Å². The van der Waals surface area contributed by atoms with Crippen LogP contribution in [0.1, 0.15) is 16.7 Å². The van der Waals surface area contributed by atoms with Crippen molar-refractivity contribution in [1.82, 2.24) is 5.32 Å². The fourth-order valence-electron chi connectivity index (χ4n) is 1.71. The summed E-state index contributed by atoms with van der Waals surface area (Å²) in [6.07, 6.45) is 0. The van der Waals surface area contributed by atoms with Gasteiger partial charge in [-0.1, -0.05) is 42.5 Å². The van der Waals surface area contributed by atoms with E-state index in [1.54, 1.807) is 12.1 Å². The number of nitrogens with one attached hydrogen (secondary N) is 1. The number of rotatable bonds is 4. The maximum absolute atomic E-state index is 8.72. The van der Waals surface area contributed by atoms with Gasteiger partial charge in [0.15, 0.2) is 5.96 Å². The molecular weight excluding hydrogens is 375 g/mol. The van der Waals surface area contributed by atoms with Gasteiger partial charge in [0, 0.05) is 6.54 Å². The van der Waals surface area contributed by atoms with E-state index >= 15 is 0 Å². The second-order valence-electron chi connectivity index (χ2n) is 4.35. The molecule has 0 fully saturated rings. The minimum atomic E-state index is 0. The molecule has 0 saturated heterocycles. The number of aliphatic imine (C=N–C) groups is 1. The van der Waals surface area contributed by atoms with Gasteiger partial charge in [0.05, 0.1) is 18.2 Å². The van der Waals surface area contributed by atoms with E-state index in [9.17, 15) is 0 Å². The van der Waals surface area contributed by atoms with Crippen LogP contribution in [0.5, 0.6) is 0 Å². The molecule has 3 N–H and O–H groups in total. The molecule has 0 radical (unpaired) electrons. The Bertz CT molecular complexity index is 615. The van der Waals surface area contributed by atoms with E-state index in [2.05, 4.69) is 16.4 Å². The van der Waals surface area contributed by atoms with E-state index in [0.29, 0.717) is 24.6 Å². The Morgan fingerprint density at radius 2 is 1.71 bits per heavy atom. The largest absolute Gasteiger partial charge is 0.370 e. The highest BCUT2D eigenvalue weighted by molar-refractivity contribution is 14.0. The normalized spacial score (nSPS) is 10.3. The summed E-state index contributed by atoms with van der Waals surface area (Å²) in [5.74, 6) is 0.415. The molecule has 2 aromatic carbocycles. The summed E-state index contributed by atoms with van der Waals surface area (Å²) in [6.45, 7) is 1.16. The third-order valence-corrected chi connectivity index (χ3v) is 2.83. The number of nitriles is 1. The zero-order valence-corrected chi connectivity index (χ0v) is 13.8. The van der Waals surface area contributed by atoms with Crippen LogP contribution in [0, 0.1) is 11.3 Å². The third kappa shape index (κ3) is 5.83. The molecule has 108 valence electrons. The molecule has 5 heteroatoms. The first-order valence-electron chi connectivity index (χ1n) is 6.34. The quantitative estimate of drug-likeness (QED) is 0.478. The summed E-state index contributed by atoms with van der Waals surface area (Å²) in [5.41, 5.74) is 8.64. The zero-order chi connectivity index (χ0) is 14.2. The monoisotopic (exact) mass is 392 g/mol. The molecule has 0 unspecified atom stereocenters. The summed E-state index contributed by atoms with van der Waals surface area (Å²) in [7, 11) is 0. The Morgan fingerprint density at radius 3 is 2.33 bits per heavy atom. The molecule has 0 aliphatic carbocycles. The van der Waals surface area contributed by atoms with Crippen molar-refractivity contribution in [3.8, 4) is 6.07 Å². The van der Waals surface area contributed by atoms with Gasteiger partial charge in [0.25, 0.3) is 0 Å². The first-order chi connectivity index (χ1) is 9.78. The molecule has 0 heterocycles. The van der Waals surface area contributed by atoms with Crippen LogP contribution in [-0.2, 0) is 13.1 Å². The van der Waals surface area contributed by atoms with Gasteiger partial charge in [-0.05, 0) is 23.3 Å². The van der Waals surface area contributed by atoms with E-state index in [1.807, 2.05) is 42.5 Å². The Kier molecular flexibility index (Phi) is 7.26. The van der Waals surface area contributed by atoms with E-state index in [-0.39, 0.29) is 24.0 Å². The van der Waals surface area contributed by atoms with Crippen molar-refractivity contribution in [1.29, 1.82) is 5.26 Å². The number of hydrogen-bond acceptors (Lipinski definition) is 2. The van der Waals surface area contributed by atoms with Gasteiger partial charge in [0.1, 0.15) is 0 Å². The topological polar surface area (TPSA) is 74.2 Å². The fraction of sp³-hybridized carbons (Fsp3) is 0.125. The van der Waals surface area contributed by atoms with Crippen LogP contribution in [0.3, 0.4) is 0 Å². The average molecular weight is 392 g/mol. The minimum Gasteiger partial charge on any atom is -0.370 e. The number of nitrogens with two attached hydrogens (primary N) is 1. The van der Waals surface area contributed by atoms with Crippen LogP contribution in [0.2, 0.25) is 0 Å². The lowest BCUT2D eigenvalue weighted by Gasteiger charge is -2.06. The summed E-state index contributed by atoms with van der Waals surface area (Å²) in [5, 5.41) is 11.8. The van der Waals surface area contributed by atoms with Gasteiger partial charge in [-0.15, -0.1) is 24.0 Å². The van der Waals surface area contributed by atoms with E-state index < -0.39 is 0 Å². The smallest absolute Gasteiger partial charge is 0.189 e. The van der Waals surface area contributed by atoms with Gasteiger partial charge in [-0.2, -0.15) is 5.26 Å². The molecule has 0 spiro atoms. The lowest BCUT2D eigenvalue weighted by Crippen LogP contribution is -2.31. The van der Waals surface area contributed by atoms with Crippen molar-refractivity contribution in [3.05, 3.63) is 71.3 Å². The van der Waals surface area contributed by atoms with Crippen molar-refractivity contribution >= 4 is 29.9 Å². The summed E-state index contributed by atoms with van der Waals surface area (Å²) >= 11 is 0. The van der Waals surface area contributed by atoms with Crippen LogP contribution in [0.15, 0.2) is 59.6 Å². The van der Waals surface area contributed by atoms with Crippen LogP contribution >= 0.6 is 24.0 Å². The number of benzene rings is 2. The first-order valence-corrected chi connectivity index (χ1v) is 6.34. The second kappa shape index (κ2) is 8.97. The molecule has 21 heavy (non-hydrogen) atoms. The highest BCUT2D eigenvalue weighted by Crippen LogP contribution is 2.03. The lowest BCUT2D eigenvalue weighted by atomic mass is 10.1. The molecule has 0 aromatic heterocycles. The van der Waals surface area contributed by atoms with E-state index in [0.717, 1.165) is 11.1 Å². The van der Waals surface area contributed by atoms with Crippen molar-refractivity contribution in [2.24, 2.45) is 10.7 Å². The Balaban J connectivity index is 0.00000220. The summed E-state index contributed by atoms with van der Waals surface area (Å²) in [6, 6.07) is 19.4. The average Bonchev–Trinajstić information content (AvgIpc) is 2.52. The molecule has 0 amide bonds. The van der Waals surface area contributed by atoms with Gasteiger partial charge in [-0.3, -0.25) is 0 Å². The van der Waals surface area contributed by atoms with Gasteiger partial charge < -0.3 is 11.1 Å². The number of hydrogen-bond donors (Lipinski definition) is 2. The fourth-order valence-corrected chi connectivity index (χ4v) is 1.71. The maximum Gasteiger partial charge on any atom is 0.189 e. The number of nitrogens with zero attached hydrogens (tertiary/aromatic N) is 2. The third-order valence-electron chi connectivity index (χ3n) is 2.83. The minimum absolute atomic E-state index is 0. The van der Waals surface area contributed by atoms with Crippen LogP contribution in [0.4, 0.5) is 0 Å². The Hall–Kier alpha value is -2.07. The van der Waals surface area contributed by atoms with Crippen molar-refractivity contribution in [2.45, 2.75) is 13.1 Å². The van der Waals surface area contributed by atoms with Crippen LogP contribution in [-0.4, -0.2) is 5.96 Å². The van der Waals surface area contributed by atoms with Crippen molar-refractivity contribution in [3.63, 3.8) is 0 Å². The van der Waals surface area contributed by atoms with E-state index in [4.69, 9.17) is 11.0 Å². The molecule has 0 bridgehead atoms. The standard InChI is InChI=1S/C16H16N4.HI/c17-10-13-6-8-15(9-7-13)12-20-16(18)19-11-14-4-2-1-3-5-14;/h1-9H,11-12H2,(H3,18,19,20);1H. The summed E-state index contributed by atoms with van der Waals surface area (Å²) < 4.78 is 0. The molecular formula is C16H17IN4. The second-order valence-corrected chi connectivity index (χ2v) is 4.35. The predicted molar refractivity (Wildman–Crippen MR) is 95.2 cm³/mol. The van der Waals surface area contributed by atoms with E-state index in [1.165, 1.54) is 0 Å². The highest BCUT2D eigenvalue weighted by atomic mass is 127. The first kappa shape index (κ1) is 17.0.